The number of Topliss-reactive ketones (excluding diaryl/α,β-unsaturated/α-hetero) is 1. The van der Waals surface area contributed by atoms with Crippen molar-refractivity contribution in [3.63, 3.8) is 0 Å². The van der Waals surface area contributed by atoms with Gasteiger partial charge >= 0.3 is 0 Å². The van der Waals surface area contributed by atoms with Crippen LogP contribution < -0.4 is 10.6 Å². The standard InChI is InChI=1S/C29H29ClN2O/c1-29(2,3)21-12-8-18(9-13-21)20-16-25-27(26(33)17-20)28(19-10-14-22(30)15-11-19)32-24-7-5-4-6-23(24)31-25/h4-15,20,28,31-32H,16-17H2,1-3H3. The van der Waals surface area contributed by atoms with Crippen LogP contribution in [0.5, 0.6) is 0 Å². The van der Waals surface area contributed by atoms with E-state index in [4.69, 9.17) is 11.6 Å². The first-order chi connectivity index (χ1) is 15.8. The van der Waals surface area contributed by atoms with Crippen LogP contribution in [-0.2, 0) is 10.2 Å². The number of ketones is 1. The van der Waals surface area contributed by atoms with Crippen molar-refractivity contribution in [2.24, 2.45) is 0 Å². The average molecular weight is 457 g/mol. The quantitative estimate of drug-likeness (QED) is 0.416. The predicted octanol–water partition coefficient (Wildman–Crippen LogP) is 7.62. The Morgan fingerprint density at radius 3 is 2.12 bits per heavy atom. The monoisotopic (exact) mass is 456 g/mol. The first-order valence-corrected chi connectivity index (χ1v) is 11.9. The maximum atomic E-state index is 13.6. The lowest BCUT2D eigenvalue weighted by Crippen LogP contribution is -2.27. The van der Waals surface area contributed by atoms with E-state index in [1.54, 1.807) is 0 Å². The molecular weight excluding hydrogens is 428 g/mol. The number of hydrogen-bond donors (Lipinski definition) is 2. The van der Waals surface area contributed by atoms with Crippen molar-refractivity contribution in [2.75, 3.05) is 10.6 Å². The van der Waals surface area contributed by atoms with E-state index in [9.17, 15) is 4.79 Å². The van der Waals surface area contributed by atoms with Crippen molar-refractivity contribution in [2.45, 2.75) is 51.0 Å². The Labute approximate surface area is 200 Å². The summed E-state index contributed by atoms with van der Waals surface area (Å²) in [5, 5.41) is 7.92. The van der Waals surface area contributed by atoms with Gasteiger partial charge in [0, 0.05) is 22.7 Å². The maximum Gasteiger partial charge on any atom is 0.163 e. The van der Waals surface area contributed by atoms with Crippen LogP contribution in [0.1, 0.15) is 62.3 Å². The Morgan fingerprint density at radius 1 is 0.818 bits per heavy atom. The third kappa shape index (κ3) is 4.30. The molecule has 1 heterocycles. The molecule has 2 aliphatic rings. The normalized spacial score (nSPS) is 20.3. The van der Waals surface area contributed by atoms with E-state index in [-0.39, 0.29) is 23.2 Å². The van der Waals surface area contributed by atoms with E-state index in [1.165, 1.54) is 11.1 Å². The lowest BCUT2D eigenvalue weighted by Gasteiger charge is -2.30. The highest BCUT2D eigenvalue weighted by atomic mass is 35.5. The minimum Gasteiger partial charge on any atom is -0.372 e. The zero-order chi connectivity index (χ0) is 23.2. The van der Waals surface area contributed by atoms with Gasteiger partial charge in [-0.1, -0.05) is 80.9 Å². The molecule has 2 N–H and O–H groups in total. The van der Waals surface area contributed by atoms with Gasteiger partial charge in [0.2, 0.25) is 0 Å². The molecule has 0 amide bonds. The van der Waals surface area contributed by atoms with Gasteiger partial charge in [-0.05, 0) is 58.7 Å². The minimum atomic E-state index is -0.217. The lowest BCUT2D eigenvalue weighted by molar-refractivity contribution is -0.116. The highest BCUT2D eigenvalue weighted by Gasteiger charge is 2.36. The molecule has 168 valence electrons. The molecule has 0 saturated heterocycles. The third-order valence-corrected chi connectivity index (χ3v) is 7.01. The average Bonchev–Trinajstić information content (AvgIpc) is 2.96. The summed E-state index contributed by atoms with van der Waals surface area (Å²) >= 11 is 6.14. The van der Waals surface area contributed by atoms with E-state index >= 15 is 0 Å². The SMILES string of the molecule is CC(C)(C)c1ccc(C2CC(=O)C3=C(C2)Nc2ccccc2NC3c2ccc(Cl)cc2)cc1. The van der Waals surface area contributed by atoms with E-state index in [0.29, 0.717) is 11.4 Å². The molecule has 2 atom stereocenters. The number of anilines is 2. The summed E-state index contributed by atoms with van der Waals surface area (Å²) < 4.78 is 0. The van der Waals surface area contributed by atoms with Gasteiger partial charge in [-0.3, -0.25) is 4.79 Å². The highest BCUT2D eigenvalue weighted by molar-refractivity contribution is 6.30. The molecule has 0 spiro atoms. The molecule has 0 aromatic heterocycles. The molecule has 1 aliphatic heterocycles. The number of allylic oxidation sites excluding steroid dienone is 1. The van der Waals surface area contributed by atoms with E-state index < -0.39 is 0 Å². The molecule has 2 unspecified atom stereocenters. The van der Waals surface area contributed by atoms with Crippen molar-refractivity contribution in [1.29, 1.82) is 0 Å². The first kappa shape index (κ1) is 21.8. The van der Waals surface area contributed by atoms with Crippen LogP contribution in [0.4, 0.5) is 11.4 Å². The number of para-hydroxylation sites is 2. The van der Waals surface area contributed by atoms with Crippen molar-refractivity contribution in [3.05, 3.63) is 106 Å². The number of carbonyl (C=O) groups excluding carboxylic acids is 1. The number of rotatable bonds is 2. The van der Waals surface area contributed by atoms with Crippen LogP contribution in [0.2, 0.25) is 5.02 Å². The fraction of sp³-hybridized carbons (Fsp3) is 0.276. The largest absolute Gasteiger partial charge is 0.372 e. The summed E-state index contributed by atoms with van der Waals surface area (Å²) in [5.74, 6) is 0.350. The molecule has 5 rings (SSSR count). The molecule has 1 aliphatic carbocycles. The van der Waals surface area contributed by atoms with Gasteiger partial charge in [0.25, 0.3) is 0 Å². The summed E-state index contributed by atoms with van der Waals surface area (Å²) in [5.41, 5.74) is 7.50. The van der Waals surface area contributed by atoms with Crippen LogP contribution in [0, 0.1) is 0 Å². The number of nitrogens with one attached hydrogen (secondary N) is 2. The predicted molar refractivity (Wildman–Crippen MR) is 137 cm³/mol. The van der Waals surface area contributed by atoms with E-state index in [2.05, 4.69) is 67.8 Å². The molecule has 33 heavy (non-hydrogen) atoms. The number of halogens is 1. The van der Waals surface area contributed by atoms with Crippen LogP contribution in [-0.4, -0.2) is 5.78 Å². The molecule has 4 heteroatoms. The first-order valence-electron chi connectivity index (χ1n) is 11.5. The molecule has 0 bridgehead atoms. The maximum absolute atomic E-state index is 13.6. The molecule has 0 radical (unpaired) electrons. The molecule has 3 nitrogen and oxygen atoms in total. The molecule has 0 saturated carbocycles. The third-order valence-electron chi connectivity index (χ3n) is 6.76. The summed E-state index contributed by atoms with van der Waals surface area (Å²) in [6, 6.07) is 24.5. The van der Waals surface area contributed by atoms with Crippen LogP contribution >= 0.6 is 11.6 Å². The molecular formula is C29H29ClN2O. The van der Waals surface area contributed by atoms with Gasteiger partial charge in [-0.2, -0.15) is 0 Å². The smallest absolute Gasteiger partial charge is 0.163 e. The summed E-state index contributed by atoms with van der Waals surface area (Å²) in [4.78, 5) is 13.6. The number of benzene rings is 3. The Morgan fingerprint density at radius 2 is 1.45 bits per heavy atom. The second kappa shape index (κ2) is 8.39. The van der Waals surface area contributed by atoms with Crippen molar-refractivity contribution in [3.8, 4) is 0 Å². The Balaban J connectivity index is 1.54. The minimum absolute atomic E-state index is 0.112. The zero-order valence-electron chi connectivity index (χ0n) is 19.3. The summed E-state index contributed by atoms with van der Waals surface area (Å²) in [6.45, 7) is 6.67. The van der Waals surface area contributed by atoms with Gasteiger partial charge in [-0.25, -0.2) is 0 Å². The lowest BCUT2D eigenvalue weighted by atomic mass is 9.77. The van der Waals surface area contributed by atoms with Gasteiger partial charge in [0.15, 0.2) is 5.78 Å². The van der Waals surface area contributed by atoms with E-state index in [1.807, 2.05) is 36.4 Å². The number of fused-ring (bicyclic) bond motifs is 1. The Bertz CT molecular complexity index is 1220. The van der Waals surface area contributed by atoms with Crippen molar-refractivity contribution < 1.29 is 4.79 Å². The summed E-state index contributed by atoms with van der Waals surface area (Å²) in [6.07, 6.45) is 1.31. The number of hydrogen-bond acceptors (Lipinski definition) is 3. The second-order valence-electron chi connectivity index (χ2n) is 10.1. The van der Waals surface area contributed by atoms with Crippen molar-refractivity contribution >= 4 is 28.8 Å². The van der Waals surface area contributed by atoms with Crippen LogP contribution in [0.15, 0.2) is 84.1 Å². The van der Waals surface area contributed by atoms with Crippen molar-refractivity contribution in [1.82, 2.24) is 0 Å². The molecule has 0 fully saturated rings. The molecule has 3 aromatic rings. The van der Waals surface area contributed by atoms with Crippen LogP contribution in [0.25, 0.3) is 0 Å². The molecule has 3 aromatic carbocycles. The van der Waals surface area contributed by atoms with E-state index in [0.717, 1.165) is 34.6 Å². The van der Waals surface area contributed by atoms with Gasteiger partial charge < -0.3 is 10.6 Å². The Hall–Kier alpha value is -3.04. The topological polar surface area (TPSA) is 41.1 Å². The summed E-state index contributed by atoms with van der Waals surface area (Å²) in [7, 11) is 0. The second-order valence-corrected chi connectivity index (χ2v) is 10.5. The van der Waals surface area contributed by atoms with Crippen LogP contribution in [0.3, 0.4) is 0 Å². The fourth-order valence-electron chi connectivity index (χ4n) is 4.89. The Kier molecular flexibility index (Phi) is 5.54. The number of carbonyl (C=O) groups is 1. The van der Waals surface area contributed by atoms with Gasteiger partial charge in [0.05, 0.1) is 17.4 Å². The fourth-order valence-corrected chi connectivity index (χ4v) is 5.01. The van der Waals surface area contributed by atoms with Gasteiger partial charge in [-0.15, -0.1) is 0 Å². The highest BCUT2D eigenvalue weighted by Crippen LogP contribution is 2.44. The zero-order valence-corrected chi connectivity index (χ0v) is 20.0. The van der Waals surface area contributed by atoms with Gasteiger partial charge in [0.1, 0.15) is 0 Å².